The Hall–Kier alpha value is -3.56. The van der Waals surface area contributed by atoms with Crippen molar-refractivity contribution in [3.8, 4) is 0 Å². The Morgan fingerprint density at radius 2 is 1.47 bits per heavy atom. The summed E-state index contributed by atoms with van der Waals surface area (Å²) in [4.78, 5) is 29.1. The predicted octanol–water partition coefficient (Wildman–Crippen LogP) is 6.54. The van der Waals surface area contributed by atoms with Gasteiger partial charge in [-0.05, 0) is 66.1 Å². The van der Waals surface area contributed by atoms with Gasteiger partial charge in [0, 0.05) is 25.0 Å². The average Bonchev–Trinajstić information content (AvgIpc) is 3.00. The zero-order chi connectivity index (χ0) is 31.1. The van der Waals surface area contributed by atoms with E-state index in [9.17, 15) is 18.0 Å². The molecular formula is C32H30Cl3N3O4S. The summed E-state index contributed by atoms with van der Waals surface area (Å²) < 4.78 is 29.1. The molecule has 0 aromatic heterocycles. The summed E-state index contributed by atoms with van der Waals surface area (Å²) in [5.41, 5.74) is 2.29. The first-order chi connectivity index (χ1) is 20.5. The number of rotatable bonds is 11. The second-order valence-corrected chi connectivity index (χ2v) is 13.0. The number of nitrogens with one attached hydrogen (secondary N) is 1. The summed E-state index contributed by atoms with van der Waals surface area (Å²) in [6.07, 6.45) is 0.193. The van der Waals surface area contributed by atoms with Crippen molar-refractivity contribution >= 4 is 62.3 Å². The van der Waals surface area contributed by atoms with E-state index in [0.29, 0.717) is 21.2 Å². The maximum Gasteiger partial charge on any atom is 0.264 e. The summed E-state index contributed by atoms with van der Waals surface area (Å²) in [6, 6.07) is 25.9. The Balaban J connectivity index is 1.82. The summed E-state index contributed by atoms with van der Waals surface area (Å²) in [5, 5.41) is 3.71. The number of hydrogen-bond donors (Lipinski definition) is 1. The number of halogens is 3. The molecular weight excluding hydrogens is 629 g/mol. The number of hydrogen-bond acceptors (Lipinski definition) is 4. The van der Waals surface area contributed by atoms with Gasteiger partial charge in [-0.15, -0.1) is 0 Å². The highest BCUT2D eigenvalue weighted by Crippen LogP contribution is 2.30. The second kappa shape index (κ2) is 14.3. The van der Waals surface area contributed by atoms with Crippen LogP contribution < -0.4 is 9.62 Å². The molecule has 0 saturated heterocycles. The number of benzene rings is 4. The Bertz CT molecular complexity index is 1700. The van der Waals surface area contributed by atoms with Gasteiger partial charge >= 0.3 is 0 Å². The zero-order valence-corrected chi connectivity index (χ0v) is 26.6. The minimum absolute atomic E-state index is 0.0142. The molecule has 0 aliphatic carbocycles. The molecule has 1 unspecified atom stereocenters. The normalized spacial score (nSPS) is 11.9. The van der Waals surface area contributed by atoms with Crippen LogP contribution in [0.2, 0.25) is 15.1 Å². The number of sulfonamides is 1. The molecule has 0 heterocycles. The Kier molecular flexibility index (Phi) is 10.7. The van der Waals surface area contributed by atoms with Crippen molar-refractivity contribution in [2.75, 3.05) is 17.9 Å². The van der Waals surface area contributed by atoms with Gasteiger partial charge in [-0.2, -0.15) is 0 Å². The van der Waals surface area contributed by atoms with Crippen LogP contribution in [0, 0.1) is 6.92 Å². The lowest BCUT2D eigenvalue weighted by molar-refractivity contribution is -0.139. The number of carbonyl (C=O) groups is 2. The predicted molar refractivity (Wildman–Crippen MR) is 172 cm³/mol. The number of carbonyl (C=O) groups excluding carboxylic acids is 2. The molecule has 0 bridgehead atoms. The Labute approximate surface area is 267 Å². The van der Waals surface area contributed by atoms with Crippen molar-refractivity contribution in [1.82, 2.24) is 10.2 Å². The lowest BCUT2D eigenvalue weighted by Gasteiger charge is -2.34. The quantitative estimate of drug-likeness (QED) is 0.198. The topological polar surface area (TPSA) is 86.8 Å². The second-order valence-electron chi connectivity index (χ2n) is 9.85. The highest BCUT2D eigenvalue weighted by atomic mass is 35.5. The van der Waals surface area contributed by atoms with Crippen molar-refractivity contribution in [3.63, 3.8) is 0 Å². The van der Waals surface area contributed by atoms with Gasteiger partial charge in [0.05, 0.1) is 20.6 Å². The Morgan fingerprint density at radius 1 is 0.814 bits per heavy atom. The minimum Gasteiger partial charge on any atom is -0.357 e. The van der Waals surface area contributed by atoms with Gasteiger partial charge in [-0.1, -0.05) is 89.4 Å². The maximum absolute atomic E-state index is 14.3. The van der Waals surface area contributed by atoms with E-state index in [4.69, 9.17) is 34.8 Å². The minimum atomic E-state index is -4.21. The smallest absolute Gasteiger partial charge is 0.264 e. The first kappa shape index (κ1) is 32.4. The van der Waals surface area contributed by atoms with Crippen LogP contribution in [0.25, 0.3) is 0 Å². The molecule has 4 aromatic rings. The summed E-state index contributed by atoms with van der Waals surface area (Å²) in [7, 11) is -2.72. The molecule has 0 spiro atoms. The zero-order valence-electron chi connectivity index (χ0n) is 23.5. The third kappa shape index (κ3) is 7.89. The number of likely N-dealkylation sites (N-methyl/N-ethyl adjacent to an activating group) is 1. The van der Waals surface area contributed by atoms with Crippen LogP contribution in [0.15, 0.2) is 102 Å². The summed E-state index contributed by atoms with van der Waals surface area (Å²) in [5.74, 6) is -0.998. The molecule has 1 N–H and O–H groups in total. The van der Waals surface area contributed by atoms with E-state index in [1.165, 1.54) is 24.1 Å². The maximum atomic E-state index is 14.3. The van der Waals surface area contributed by atoms with E-state index in [1.807, 2.05) is 30.3 Å². The number of aryl methyl sites for hydroxylation is 1. The monoisotopic (exact) mass is 657 g/mol. The SMILES string of the molecule is CNC(=O)C(Cc1ccccc1)N(Cc1ccc(Cl)c(Cl)c1)C(=O)CN(c1ccc(Cl)cc1C)S(=O)(=O)c1ccccc1. The third-order valence-electron chi connectivity index (χ3n) is 6.89. The first-order valence-corrected chi connectivity index (χ1v) is 15.9. The van der Waals surface area contributed by atoms with Crippen molar-refractivity contribution in [2.24, 2.45) is 0 Å². The third-order valence-corrected chi connectivity index (χ3v) is 9.64. The van der Waals surface area contributed by atoms with E-state index >= 15 is 0 Å². The highest BCUT2D eigenvalue weighted by Gasteiger charge is 2.34. The molecule has 0 aliphatic heterocycles. The van der Waals surface area contributed by atoms with E-state index in [1.54, 1.807) is 61.5 Å². The van der Waals surface area contributed by atoms with Crippen LogP contribution in [0.4, 0.5) is 5.69 Å². The molecule has 11 heteroatoms. The first-order valence-electron chi connectivity index (χ1n) is 13.3. The summed E-state index contributed by atoms with van der Waals surface area (Å²) in [6.45, 7) is 1.11. The molecule has 4 aromatic carbocycles. The molecule has 7 nitrogen and oxygen atoms in total. The van der Waals surface area contributed by atoms with E-state index in [2.05, 4.69) is 5.32 Å². The molecule has 1 atom stereocenters. The molecule has 0 saturated carbocycles. The van der Waals surface area contributed by atoms with E-state index < -0.39 is 34.4 Å². The molecule has 0 fully saturated rings. The Morgan fingerprint density at radius 3 is 2.07 bits per heavy atom. The fraction of sp³-hybridized carbons (Fsp3) is 0.188. The van der Waals surface area contributed by atoms with Gasteiger partial charge in [0.1, 0.15) is 12.6 Å². The van der Waals surface area contributed by atoms with Crippen LogP contribution >= 0.6 is 34.8 Å². The van der Waals surface area contributed by atoms with Crippen molar-refractivity contribution in [2.45, 2.75) is 30.8 Å². The standard InChI is InChI=1S/C32H30Cl3N3O4S/c1-22-17-25(33)14-16-29(22)38(43(41,42)26-11-7-4-8-12-26)21-31(39)37(20-24-13-15-27(34)28(35)18-24)30(32(40)36-2)19-23-9-5-3-6-10-23/h3-18,30H,19-21H2,1-2H3,(H,36,40). The van der Waals surface area contributed by atoms with Gasteiger partial charge in [-0.3, -0.25) is 13.9 Å². The number of nitrogens with zero attached hydrogens (tertiary/aromatic N) is 2. The molecule has 0 aliphatic rings. The van der Waals surface area contributed by atoms with Gasteiger partial charge in [0.25, 0.3) is 10.0 Å². The number of anilines is 1. The summed E-state index contributed by atoms with van der Waals surface area (Å²) >= 11 is 18.6. The van der Waals surface area contributed by atoms with Gasteiger partial charge in [-0.25, -0.2) is 8.42 Å². The van der Waals surface area contributed by atoms with Gasteiger partial charge in [0.15, 0.2) is 0 Å². The molecule has 4 rings (SSSR count). The van der Waals surface area contributed by atoms with E-state index in [0.717, 1.165) is 9.87 Å². The van der Waals surface area contributed by atoms with Crippen LogP contribution in [-0.2, 0) is 32.6 Å². The fourth-order valence-electron chi connectivity index (χ4n) is 4.69. The van der Waals surface area contributed by atoms with Crippen LogP contribution in [0.5, 0.6) is 0 Å². The molecule has 0 radical (unpaired) electrons. The molecule has 2 amide bonds. The average molecular weight is 659 g/mol. The van der Waals surface area contributed by atoms with Crippen molar-refractivity contribution < 1.29 is 18.0 Å². The van der Waals surface area contributed by atoms with Crippen molar-refractivity contribution in [3.05, 3.63) is 129 Å². The number of amides is 2. The largest absolute Gasteiger partial charge is 0.357 e. The van der Waals surface area contributed by atoms with Crippen LogP contribution in [0.1, 0.15) is 16.7 Å². The van der Waals surface area contributed by atoms with Crippen LogP contribution in [0.3, 0.4) is 0 Å². The fourth-order valence-corrected chi connectivity index (χ4v) is 6.73. The van der Waals surface area contributed by atoms with Gasteiger partial charge < -0.3 is 10.2 Å². The molecule has 43 heavy (non-hydrogen) atoms. The van der Waals surface area contributed by atoms with Crippen LogP contribution in [-0.4, -0.2) is 44.8 Å². The highest BCUT2D eigenvalue weighted by molar-refractivity contribution is 7.92. The van der Waals surface area contributed by atoms with Crippen molar-refractivity contribution in [1.29, 1.82) is 0 Å². The molecule has 224 valence electrons. The lowest BCUT2D eigenvalue weighted by atomic mass is 10.0. The van der Waals surface area contributed by atoms with Gasteiger partial charge in [0.2, 0.25) is 11.8 Å². The lowest BCUT2D eigenvalue weighted by Crippen LogP contribution is -2.53. The van der Waals surface area contributed by atoms with E-state index in [-0.39, 0.29) is 28.6 Å².